The van der Waals surface area contributed by atoms with E-state index in [1.807, 2.05) is 0 Å². The van der Waals surface area contributed by atoms with E-state index < -0.39 is 0 Å². The van der Waals surface area contributed by atoms with E-state index in [-0.39, 0.29) is 12.0 Å². The Bertz CT molecular complexity index is 575. The summed E-state index contributed by atoms with van der Waals surface area (Å²) >= 11 is 0. The molecule has 1 unspecified atom stereocenters. The summed E-state index contributed by atoms with van der Waals surface area (Å²) < 4.78 is 10.2. The zero-order valence-electron chi connectivity index (χ0n) is 10.5. The Hall–Kier alpha value is -1.95. The number of anilines is 1. The SMILES string of the molecule is O=C(CC1CCCCO1)Nc1cccc2nonc12. The highest BCUT2D eigenvalue weighted by atomic mass is 16.6. The van der Waals surface area contributed by atoms with Crippen LogP contribution in [0.3, 0.4) is 0 Å². The molecule has 1 fully saturated rings. The monoisotopic (exact) mass is 261 g/mol. The summed E-state index contributed by atoms with van der Waals surface area (Å²) in [5, 5.41) is 10.4. The van der Waals surface area contributed by atoms with Crippen molar-refractivity contribution in [2.45, 2.75) is 31.8 Å². The number of carbonyl (C=O) groups is 1. The molecule has 2 heterocycles. The van der Waals surface area contributed by atoms with E-state index in [1.54, 1.807) is 18.2 Å². The first-order valence-corrected chi connectivity index (χ1v) is 6.45. The Kier molecular flexibility index (Phi) is 3.41. The summed E-state index contributed by atoms with van der Waals surface area (Å²) in [6.07, 6.45) is 3.57. The van der Waals surface area contributed by atoms with Crippen molar-refractivity contribution < 1.29 is 14.2 Å². The summed E-state index contributed by atoms with van der Waals surface area (Å²) in [7, 11) is 0. The highest BCUT2D eigenvalue weighted by Crippen LogP contribution is 2.21. The lowest BCUT2D eigenvalue weighted by Gasteiger charge is -2.21. The first-order valence-electron chi connectivity index (χ1n) is 6.45. The van der Waals surface area contributed by atoms with Crippen LogP contribution in [0.4, 0.5) is 5.69 Å². The molecule has 1 amide bonds. The van der Waals surface area contributed by atoms with Gasteiger partial charge in [-0.05, 0) is 41.7 Å². The highest BCUT2D eigenvalue weighted by molar-refractivity contribution is 5.99. The predicted molar refractivity (Wildman–Crippen MR) is 68.6 cm³/mol. The molecule has 3 rings (SSSR count). The lowest BCUT2D eigenvalue weighted by molar-refractivity contribution is -0.119. The summed E-state index contributed by atoms with van der Waals surface area (Å²) in [4.78, 5) is 12.0. The summed E-state index contributed by atoms with van der Waals surface area (Å²) in [6, 6.07) is 5.37. The number of aromatic nitrogens is 2. The van der Waals surface area contributed by atoms with Crippen LogP contribution in [0.1, 0.15) is 25.7 Å². The van der Waals surface area contributed by atoms with Gasteiger partial charge in [-0.3, -0.25) is 4.79 Å². The van der Waals surface area contributed by atoms with Gasteiger partial charge in [-0.25, -0.2) is 4.63 Å². The second kappa shape index (κ2) is 5.36. The fraction of sp³-hybridized carbons (Fsp3) is 0.462. The van der Waals surface area contributed by atoms with Crippen molar-refractivity contribution in [1.82, 2.24) is 10.3 Å². The number of fused-ring (bicyclic) bond motifs is 1. The molecule has 6 heteroatoms. The molecular weight excluding hydrogens is 246 g/mol. The standard InChI is InChI=1S/C13H15N3O3/c17-12(8-9-4-1-2-7-18-9)14-10-5-3-6-11-13(10)16-19-15-11/h3,5-6,9H,1-2,4,7-8H2,(H,14,17). The molecule has 0 aliphatic carbocycles. The Morgan fingerprint density at radius 2 is 2.32 bits per heavy atom. The van der Waals surface area contributed by atoms with E-state index in [0.717, 1.165) is 25.9 Å². The minimum absolute atomic E-state index is 0.0309. The van der Waals surface area contributed by atoms with Gasteiger partial charge in [0.05, 0.1) is 18.2 Å². The third-order valence-electron chi connectivity index (χ3n) is 3.25. The number of ether oxygens (including phenoxy) is 1. The van der Waals surface area contributed by atoms with Gasteiger partial charge in [0.25, 0.3) is 0 Å². The zero-order valence-corrected chi connectivity index (χ0v) is 10.5. The smallest absolute Gasteiger partial charge is 0.227 e. The summed E-state index contributed by atoms with van der Waals surface area (Å²) in [6.45, 7) is 0.751. The van der Waals surface area contributed by atoms with Gasteiger partial charge in [-0.1, -0.05) is 6.07 Å². The van der Waals surface area contributed by atoms with Crippen molar-refractivity contribution in [3.8, 4) is 0 Å². The molecule has 0 bridgehead atoms. The van der Waals surface area contributed by atoms with Crippen LogP contribution in [0.15, 0.2) is 22.8 Å². The van der Waals surface area contributed by atoms with Gasteiger partial charge >= 0.3 is 0 Å². The lowest BCUT2D eigenvalue weighted by Crippen LogP contribution is -2.25. The van der Waals surface area contributed by atoms with E-state index in [1.165, 1.54) is 0 Å². The Labute approximate surface area is 110 Å². The van der Waals surface area contributed by atoms with E-state index >= 15 is 0 Å². The van der Waals surface area contributed by atoms with Crippen LogP contribution in [-0.2, 0) is 9.53 Å². The number of rotatable bonds is 3. The highest BCUT2D eigenvalue weighted by Gasteiger charge is 2.18. The van der Waals surface area contributed by atoms with Crippen LogP contribution in [0.5, 0.6) is 0 Å². The quantitative estimate of drug-likeness (QED) is 0.915. The van der Waals surface area contributed by atoms with Gasteiger partial charge < -0.3 is 10.1 Å². The number of carbonyl (C=O) groups excluding carboxylic acids is 1. The second-order valence-corrected chi connectivity index (χ2v) is 4.68. The Balaban J connectivity index is 1.67. The summed E-state index contributed by atoms with van der Waals surface area (Å²) in [5.74, 6) is -0.0672. The average Bonchev–Trinajstić information content (AvgIpc) is 2.89. The number of hydrogen-bond donors (Lipinski definition) is 1. The molecule has 1 aromatic heterocycles. The normalized spacial score (nSPS) is 19.5. The van der Waals surface area contributed by atoms with Crippen LogP contribution in [-0.4, -0.2) is 28.9 Å². The summed E-state index contributed by atoms with van der Waals surface area (Å²) in [5.41, 5.74) is 1.83. The number of nitrogens with one attached hydrogen (secondary N) is 1. The maximum Gasteiger partial charge on any atom is 0.227 e. The van der Waals surface area contributed by atoms with Crippen LogP contribution >= 0.6 is 0 Å². The molecule has 1 aliphatic rings. The Morgan fingerprint density at radius 3 is 3.16 bits per heavy atom. The molecule has 1 N–H and O–H groups in total. The molecule has 19 heavy (non-hydrogen) atoms. The van der Waals surface area contributed by atoms with Crippen LogP contribution in [0.2, 0.25) is 0 Å². The number of hydrogen-bond acceptors (Lipinski definition) is 5. The molecule has 1 saturated heterocycles. The van der Waals surface area contributed by atoms with Crippen molar-refractivity contribution in [3.05, 3.63) is 18.2 Å². The first-order chi connectivity index (χ1) is 9.33. The van der Waals surface area contributed by atoms with Gasteiger partial charge in [0.15, 0.2) is 5.52 Å². The third-order valence-corrected chi connectivity index (χ3v) is 3.25. The fourth-order valence-corrected chi connectivity index (χ4v) is 2.28. The van der Waals surface area contributed by atoms with E-state index in [4.69, 9.17) is 4.74 Å². The molecular formula is C13H15N3O3. The van der Waals surface area contributed by atoms with Gasteiger partial charge in [0, 0.05) is 6.61 Å². The van der Waals surface area contributed by atoms with Crippen molar-refractivity contribution in [3.63, 3.8) is 0 Å². The molecule has 6 nitrogen and oxygen atoms in total. The molecule has 100 valence electrons. The van der Waals surface area contributed by atoms with Gasteiger partial charge in [0.1, 0.15) is 5.52 Å². The van der Waals surface area contributed by atoms with Crippen LogP contribution in [0.25, 0.3) is 11.0 Å². The number of nitrogens with zero attached hydrogens (tertiary/aromatic N) is 2. The molecule has 1 aromatic carbocycles. The topological polar surface area (TPSA) is 77.2 Å². The maximum atomic E-state index is 12.0. The van der Waals surface area contributed by atoms with Crippen molar-refractivity contribution >= 4 is 22.6 Å². The van der Waals surface area contributed by atoms with Gasteiger partial charge in [0.2, 0.25) is 5.91 Å². The van der Waals surface area contributed by atoms with E-state index in [0.29, 0.717) is 23.1 Å². The lowest BCUT2D eigenvalue weighted by atomic mass is 10.1. The van der Waals surface area contributed by atoms with Crippen LogP contribution < -0.4 is 5.32 Å². The van der Waals surface area contributed by atoms with Crippen molar-refractivity contribution in [2.24, 2.45) is 0 Å². The molecule has 1 aliphatic heterocycles. The third kappa shape index (κ3) is 2.73. The predicted octanol–water partition coefficient (Wildman–Crippen LogP) is 2.12. The number of benzene rings is 1. The van der Waals surface area contributed by atoms with Crippen LogP contribution in [0, 0.1) is 0 Å². The average molecular weight is 261 g/mol. The van der Waals surface area contributed by atoms with Gasteiger partial charge in [-0.15, -0.1) is 0 Å². The molecule has 0 radical (unpaired) electrons. The minimum atomic E-state index is -0.0672. The second-order valence-electron chi connectivity index (χ2n) is 4.68. The van der Waals surface area contributed by atoms with E-state index in [2.05, 4.69) is 20.3 Å². The fourth-order valence-electron chi connectivity index (χ4n) is 2.28. The first kappa shape index (κ1) is 12.1. The van der Waals surface area contributed by atoms with Crippen molar-refractivity contribution in [1.29, 1.82) is 0 Å². The molecule has 0 saturated carbocycles. The molecule has 0 spiro atoms. The van der Waals surface area contributed by atoms with E-state index in [9.17, 15) is 4.79 Å². The molecule has 1 atom stereocenters. The van der Waals surface area contributed by atoms with Gasteiger partial charge in [-0.2, -0.15) is 0 Å². The van der Waals surface area contributed by atoms with Crippen molar-refractivity contribution in [2.75, 3.05) is 11.9 Å². The Morgan fingerprint density at radius 1 is 1.37 bits per heavy atom. The number of amides is 1. The zero-order chi connectivity index (χ0) is 13.1. The largest absolute Gasteiger partial charge is 0.378 e. The minimum Gasteiger partial charge on any atom is -0.378 e. The molecule has 2 aromatic rings. The maximum absolute atomic E-state index is 12.0.